The molecule has 7 heteroatoms. The number of carbonyl (C=O) groups excluding carboxylic acids is 2. The molecule has 3 aromatic carbocycles. The van der Waals surface area contributed by atoms with Crippen LogP contribution in [0.1, 0.15) is 11.1 Å². The van der Waals surface area contributed by atoms with Crippen molar-refractivity contribution in [3.05, 3.63) is 105 Å². The maximum atomic E-state index is 13.5. The largest absolute Gasteiger partial charge is 0.321 e. The molecule has 1 aliphatic heterocycles. The summed E-state index contributed by atoms with van der Waals surface area (Å²) in [5, 5.41) is 12.6. The molecule has 3 aromatic rings. The van der Waals surface area contributed by atoms with Gasteiger partial charge in [0.1, 0.15) is 16.7 Å². The number of halogens is 1. The van der Waals surface area contributed by atoms with Gasteiger partial charge in [-0.05, 0) is 55.3 Å². The van der Waals surface area contributed by atoms with Crippen LogP contribution in [0.3, 0.4) is 0 Å². The van der Waals surface area contributed by atoms with E-state index >= 15 is 0 Å². The Labute approximate surface area is 205 Å². The van der Waals surface area contributed by atoms with Gasteiger partial charge in [-0.25, -0.2) is 0 Å². The number of rotatable bonds is 5. The number of amides is 2. The van der Waals surface area contributed by atoms with Gasteiger partial charge in [0, 0.05) is 15.8 Å². The number of anilines is 2. The second-order valence-electron chi connectivity index (χ2n) is 7.56. The molecule has 0 saturated carbocycles. The van der Waals surface area contributed by atoms with Crippen LogP contribution >= 0.6 is 27.7 Å². The van der Waals surface area contributed by atoms with Gasteiger partial charge in [0.05, 0.1) is 5.25 Å². The smallest absolute Gasteiger partial charge is 0.269 e. The van der Waals surface area contributed by atoms with Gasteiger partial charge in [-0.3, -0.25) is 14.5 Å². The Balaban J connectivity index is 1.72. The van der Waals surface area contributed by atoms with Gasteiger partial charge in [0.15, 0.2) is 0 Å². The summed E-state index contributed by atoms with van der Waals surface area (Å²) in [5.74, 6) is -0.692. The summed E-state index contributed by atoms with van der Waals surface area (Å²) >= 11 is 4.69. The Hall–Kier alpha value is -3.34. The van der Waals surface area contributed by atoms with Crippen molar-refractivity contribution >= 4 is 50.9 Å². The fraction of sp³-hybridized carbons (Fsp3) is 0.115. The molecule has 1 heterocycles. The van der Waals surface area contributed by atoms with Crippen LogP contribution in [0.2, 0.25) is 0 Å². The Bertz CT molecular complexity index is 1250. The highest BCUT2D eigenvalue weighted by atomic mass is 79.9. The van der Waals surface area contributed by atoms with Gasteiger partial charge in [0.2, 0.25) is 5.91 Å². The molecule has 0 radical (unpaired) electrons. The van der Waals surface area contributed by atoms with E-state index in [1.807, 2.05) is 67.6 Å². The molecule has 0 bridgehead atoms. The highest BCUT2D eigenvalue weighted by Gasteiger charge is 2.40. The highest BCUT2D eigenvalue weighted by molar-refractivity contribution is 9.10. The van der Waals surface area contributed by atoms with Crippen molar-refractivity contribution in [2.24, 2.45) is 0 Å². The Kier molecular flexibility index (Phi) is 6.97. The summed E-state index contributed by atoms with van der Waals surface area (Å²) in [6, 6.07) is 26.2. The maximum Gasteiger partial charge on any atom is 0.269 e. The number of nitrogens with one attached hydrogen (secondary N) is 1. The van der Waals surface area contributed by atoms with Crippen molar-refractivity contribution in [3.63, 3.8) is 0 Å². The molecule has 1 atom stereocenters. The molecule has 0 aromatic heterocycles. The van der Waals surface area contributed by atoms with Crippen LogP contribution in [0.15, 0.2) is 93.9 Å². The molecular weight excluding hydrogens is 498 g/mol. The fourth-order valence-electron chi connectivity index (χ4n) is 3.47. The third-order valence-electron chi connectivity index (χ3n) is 5.16. The fourth-order valence-corrected chi connectivity index (χ4v) is 5.04. The molecule has 4 rings (SSSR count). The number of para-hydroxylation sites is 1. The number of aryl methyl sites for hydroxylation is 1. The van der Waals surface area contributed by atoms with Crippen molar-refractivity contribution in [2.45, 2.75) is 18.6 Å². The molecule has 164 valence electrons. The SMILES string of the molecule is Cc1ccc(N2C(=O)[C@H](Cc3ccc(Br)cc3)S/C2=C(\C#N)C(=O)Nc2ccccc2)cc1. The summed E-state index contributed by atoms with van der Waals surface area (Å²) in [7, 11) is 0. The molecule has 33 heavy (non-hydrogen) atoms. The minimum atomic E-state index is -0.541. The van der Waals surface area contributed by atoms with Gasteiger partial charge in [-0.15, -0.1) is 0 Å². The zero-order valence-electron chi connectivity index (χ0n) is 17.8. The first-order valence-electron chi connectivity index (χ1n) is 10.3. The van der Waals surface area contributed by atoms with Crippen LogP contribution < -0.4 is 10.2 Å². The van der Waals surface area contributed by atoms with Gasteiger partial charge in [-0.2, -0.15) is 5.26 Å². The van der Waals surface area contributed by atoms with Crippen molar-refractivity contribution in [2.75, 3.05) is 10.2 Å². The quantitative estimate of drug-likeness (QED) is 0.341. The Morgan fingerprint density at radius 2 is 1.73 bits per heavy atom. The van der Waals surface area contributed by atoms with E-state index in [1.165, 1.54) is 16.7 Å². The van der Waals surface area contributed by atoms with Crippen LogP contribution in [0.25, 0.3) is 0 Å². The summed E-state index contributed by atoms with van der Waals surface area (Å²) in [6.45, 7) is 1.96. The predicted molar refractivity (Wildman–Crippen MR) is 136 cm³/mol. The van der Waals surface area contributed by atoms with Crippen molar-refractivity contribution < 1.29 is 9.59 Å². The summed E-state index contributed by atoms with van der Waals surface area (Å²) in [5.41, 5.74) is 3.18. The number of hydrogen-bond donors (Lipinski definition) is 1. The molecule has 1 N–H and O–H groups in total. The van der Waals surface area contributed by atoms with Crippen LogP contribution in [-0.4, -0.2) is 17.1 Å². The number of hydrogen-bond acceptors (Lipinski definition) is 4. The third kappa shape index (κ3) is 5.19. The topological polar surface area (TPSA) is 73.2 Å². The van der Waals surface area contributed by atoms with Gasteiger partial charge in [0.25, 0.3) is 5.91 Å². The lowest BCUT2D eigenvalue weighted by Gasteiger charge is -2.19. The standard InChI is InChI=1S/C26H20BrN3O2S/c1-17-7-13-21(14-8-17)30-25(32)23(15-18-9-11-19(27)12-10-18)33-26(30)22(16-28)24(31)29-20-5-3-2-4-6-20/h2-14,23H,15H2,1H3,(H,29,31)/b26-22+/t23-/m0/s1. The minimum Gasteiger partial charge on any atom is -0.321 e. The lowest BCUT2D eigenvalue weighted by molar-refractivity contribution is -0.117. The number of nitriles is 1. The number of nitrogens with zero attached hydrogens (tertiary/aromatic N) is 2. The van der Waals surface area contributed by atoms with E-state index in [0.29, 0.717) is 22.8 Å². The first kappa shape index (κ1) is 22.8. The van der Waals surface area contributed by atoms with E-state index in [9.17, 15) is 14.9 Å². The van der Waals surface area contributed by atoms with E-state index in [-0.39, 0.29) is 11.5 Å². The summed E-state index contributed by atoms with van der Waals surface area (Å²) in [6.07, 6.45) is 0.488. The average Bonchev–Trinajstić information content (AvgIpc) is 3.12. The summed E-state index contributed by atoms with van der Waals surface area (Å²) < 4.78 is 0.961. The van der Waals surface area contributed by atoms with Crippen LogP contribution in [0.4, 0.5) is 11.4 Å². The van der Waals surface area contributed by atoms with Crippen molar-refractivity contribution in [1.29, 1.82) is 5.26 Å². The molecule has 0 unspecified atom stereocenters. The minimum absolute atomic E-state index is 0.0870. The van der Waals surface area contributed by atoms with E-state index in [1.54, 1.807) is 24.3 Å². The molecule has 5 nitrogen and oxygen atoms in total. The van der Waals surface area contributed by atoms with E-state index in [4.69, 9.17) is 0 Å². The van der Waals surface area contributed by atoms with Gasteiger partial charge in [-0.1, -0.05) is 75.7 Å². The number of thioether (sulfide) groups is 1. The summed E-state index contributed by atoms with van der Waals surface area (Å²) in [4.78, 5) is 28.0. The second-order valence-corrected chi connectivity index (χ2v) is 9.67. The maximum absolute atomic E-state index is 13.5. The van der Waals surface area contributed by atoms with Crippen molar-refractivity contribution in [1.82, 2.24) is 0 Å². The molecular formula is C26H20BrN3O2S. The molecule has 0 spiro atoms. The Morgan fingerprint density at radius 3 is 2.36 bits per heavy atom. The van der Waals surface area contributed by atoms with Gasteiger partial charge >= 0.3 is 0 Å². The molecule has 2 amide bonds. The van der Waals surface area contributed by atoms with Crippen LogP contribution in [-0.2, 0) is 16.0 Å². The van der Waals surface area contributed by atoms with E-state index < -0.39 is 11.2 Å². The monoisotopic (exact) mass is 517 g/mol. The second kappa shape index (κ2) is 10.1. The zero-order chi connectivity index (χ0) is 23.4. The zero-order valence-corrected chi connectivity index (χ0v) is 20.2. The first-order valence-corrected chi connectivity index (χ1v) is 12.0. The molecule has 1 fully saturated rings. The van der Waals surface area contributed by atoms with Gasteiger partial charge < -0.3 is 5.32 Å². The number of carbonyl (C=O) groups is 2. The predicted octanol–water partition coefficient (Wildman–Crippen LogP) is 5.82. The number of benzene rings is 3. The first-order chi connectivity index (χ1) is 16.0. The Morgan fingerprint density at radius 1 is 1.06 bits per heavy atom. The van der Waals surface area contributed by atoms with E-state index in [2.05, 4.69) is 21.2 Å². The molecule has 1 saturated heterocycles. The molecule has 1 aliphatic rings. The highest BCUT2D eigenvalue weighted by Crippen LogP contribution is 2.42. The van der Waals surface area contributed by atoms with Crippen molar-refractivity contribution in [3.8, 4) is 6.07 Å². The third-order valence-corrected chi connectivity index (χ3v) is 6.96. The normalized spacial score (nSPS) is 16.9. The molecule has 0 aliphatic carbocycles. The van der Waals surface area contributed by atoms with Crippen LogP contribution in [0.5, 0.6) is 0 Å². The lowest BCUT2D eigenvalue weighted by atomic mass is 10.1. The van der Waals surface area contributed by atoms with Crippen LogP contribution in [0, 0.1) is 18.3 Å². The van der Waals surface area contributed by atoms with E-state index in [0.717, 1.165) is 15.6 Å². The lowest BCUT2D eigenvalue weighted by Crippen LogP contribution is -2.30. The average molecular weight is 518 g/mol.